The third-order valence-electron chi connectivity index (χ3n) is 6.12. The molecule has 1 unspecified atom stereocenters. The summed E-state index contributed by atoms with van der Waals surface area (Å²) in [6.45, 7) is 2.71. The van der Waals surface area contributed by atoms with E-state index in [1.807, 2.05) is 30.5 Å². The number of rotatable bonds is 8. The summed E-state index contributed by atoms with van der Waals surface area (Å²) < 4.78 is 13.5. The van der Waals surface area contributed by atoms with Crippen LogP contribution in [-0.4, -0.2) is 69.9 Å². The molecule has 30 heavy (non-hydrogen) atoms. The number of aliphatic hydroxyl groups excluding tert-OH is 2. The summed E-state index contributed by atoms with van der Waals surface area (Å²) in [6.07, 6.45) is 7.66. The van der Waals surface area contributed by atoms with E-state index in [1.165, 1.54) is 12.8 Å². The number of ether oxygens (including phenoxy) is 2. The van der Waals surface area contributed by atoms with Crippen molar-refractivity contribution in [1.29, 1.82) is 0 Å². The minimum absolute atomic E-state index is 0.195. The fourth-order valence-electron chi connectivity index (χ4n) is 4.40. The van der Waals surface area contributed by atoms with E-state index in [2.05, 4.69) is 10.00 Å². The smallest absolute Gasteiger partial charge is 0.162 e. The predicted molar refractivity (Wildman–Crippen MR) is 115 cm³/mol. The lowest BCUT2D eigenvalue weighted by Crippen LogP contribution is -2.41. The lowest BCUT2D eigenvalue weighted by molar-refractivity contribution is 0.0447. The first-order valence-electron chi connectivity index (χ1n) is 11.1. The Labute approximate surface area is 178 Å². The number of aliphatic hydroxyl groups is 2. The number of likely N-dealkylation sites (tertiary alicyclic amines) is 1. The van der Waals surface area contributed by atoms with Crippen molar-refractivity contribution >= 4 is 0 Å². The number of nitrogens with zero attached hydrogens (tertiary/aromatic N) is 3. The highest BCUT2D eigenvalue weighted by Gasteiger charge is 2.21. The Morgan fingerprint density at radius 2 is 1.83 bits per heavy atom. The summed E-state index contributed by atoms with van der Waals surface area (Å²) in [6, 6.07) is 7.88. The molecule has 1 aliphatic carbocycles. The van der Waals surface area contributed by atoms with Gasteiger partial charge in [-0.2, -0.15) is 5.10 Å². The summed E-state index contributed by atoms with van der Waals surface area (Å²) in [7, 11) is 1.66. The van der Waals surface area contributed by atoms with Crippen molar-refractivity contribution < 1.29 is 19.7 Å². The van der Waals surface area contributed by atoms with Gasteiger partial charge in [-0.15, -0.1) is 0 Å². The molecule has 0 amide bonds. The summed E-state index contributed by atoms with van der Waals surface area (Å²) in [5, 5.41) is 24.7. The van der Waals surface area contributed by atoms with Crippen LogP contribution in [0.1, 0.15) is 38.5 Å². The van der Waals surface area contributed by atoms with Crippen LogP contribution in [0.15, 0.2) is 30.5 Å². The molecule has 4 rings (SSSR count). The van der Waals surface area contributed by atoms with Gasteiger partial charge in [-0.3, -0.25) is 4.68 Å². The Balaban J connectivity index is 1.39. The molecule has 7 heteroatoms. The van der Waals surface area contributed by atoms with Gasteiger partial charge in [-0.05, 0) is 62.8 Å². The minimum Gasteiger partial charge on any atom is -0.493 e. The highest BCUT2D eigenvalue weighted by atomic mass is 16.5. The zero-order valence-electron chi connectivity index (χ0n) is 17.7. The Hall–Kier alpha value is -2.09. The van der Waals surface area contributed by atoms with E-state index < -0.39 is 6.10 Å². The second-order valence-corrected chi connectivity index (χ2v) is 8.50. The van der Waals surface area contributed by atoms with E-state index in [0.29, 0.717) is 13.1 Å². The van der Waals surface area contributed by atoms with Crippen LogP contribution in [0.2, 0.25) is 0 Å². The number of hydrogen-bond donors (Lipinski definition) is 2. The number of piperidine rings is 1. The van der Waals surface area contributed by atoms with Crippen molar-refractivity contribution in [2.75, 3.05) is 26.7 Å². The summed E-state index contributed by atoms with van der Waals surface area (Å²) >= 11 is 0. The van der Waals surface area contributed by atoms with Crippen molar-refractivity contribution in [2.24, 2.45) is 0 Å². The van der Waals surface area contributed by atoms with E-state index in [-0.39, 0.29) is 12.2 Å². The normalized spacial score (nSPS) is 19.8. The number of methoxy groups -OCH3 is 1. The van der Waals surface area contributed by atoms with E-state index in [4.69, 9.17) is 9.47 Å². The first kappa shape index (κ1) is 21.2. The van der Waals surface area contributed by atoms with Gasteiger partial charge in [-0.25, -0.2) is 0 Å². The summed E-state index contributed by atoms with van der Waals surface area (Å²) in [5.41, 5.74) is 1.82. The Morgan fingerprint density at radius 3 is 2.57 bits per heavy atom. The molecule has 164 valence electrons. The van der Waals surface area contributed by atoms with Crippen molar-refractivity contribution in [3.05, 3.63) is 30.5 Å². The second kappa shape index (κ2) is 9.81. The van der Waals surface area contributed by atoms with Crippen LogP contribution >= 0.6 is 0 Å². The average molecular weight is 416 g/mol. The first-order chi connectivity index (χ1) is 14.6. The SMILES string of the molecule is COc1ccc(-c2ccn(CC(O)CN3CCC(O)CC3)n2)cc1OC1CCCC1. The molecule has 2 heterocycles. The minimum atomic E-state index is -0.495. The molecular formula is C23H33N3O4. The highest BCUT2D eigenvalue weighted by molar-refractivity contribution is 5.63. The van der Waals surface area contributed by atoms with Gasteiger partial charge in [-0.1, -0.05) is 0 Å². The topological polar surface area (TPSA) is 80.0 Å². The van der Waals surface area contributed by atoms with Gasteiger partial charge in [0.05, 0.1) is 37.7 Å². The van der Waals surface area contributed by atoms with Gasteiger partial charge in [0, 0.05) is 31.4 Å². The molecule has 0 radical (unpaired) electrons. The molecule has 1 atom stereocenters. The number of benzene rings is 1. The van der Waals surface area contributed by atoms with Gasteiger partial charge in [0.1, 0.15) is 0 Å². The molecule has 0 bridgehead atoms. The molecule has 1 saturated heterocycles. The van der Waals surface area contributed by atoms with E-state index >= 15 is 0 Å². The van der Waals surface area contributed by atoms with E-state index in [0.717, 1.165) is 61.5 Å². The monoisotopic (exact) mass is 415 g/mol. The van der Waals surface area contributed by atoms with Crippen LogP contribution in [-0.2, 0) is 6.54 Å². The maximum atomic E-state index is 10.5. The zero-order chi connectivity index (χ0) is 20.9. The van der Waals surface area contributed by atoms with Crippen molar-refractivity contribution in [2.45, 2.75) is 63.4 Å². The molecule has 2 fully saturated rings. The standard InChI is InChI=1S/C23H33N3O4/c1-29-22-7-6-17(14-23(22)30-20-4-2-3-5-20)21-10-13-26(24-21)16-19(28)15-25-11-8-18(27)9-12-25/h6-7,10,13-14,18-20,27-28H,2-5,8-9,11-12,15-16H2,1H3. The molecule has 0 spiro atoms. The molecule has 2 aliphatic rings. The Kier molecular flexibility index (Phi) is 6.92. The molecule has 1 saturated carbocycles. The summed E-state index contributed by atoms with van der Waals surface area (Å²) in [5.74, 6) is 1.51. The Bertz CT molecular complexity index is 811. The largest absolute Gasteiger partial charge is 0.493 e. The quantitative estimate of drug-likeness (QED) is 0.690. The maximum Gasteiger partial charge on any atom is 0.162 e. The van der Waals surface area contributed by atoms with Crippen LogP contribution in [0.25, 0.3) is 11.3 Å². The molecule has 1 aromatic carbocycles. The van der Waals surface area contributed by atoms with Gasteiger partial charge < -0.3 is 24.6 Å². The van der Waals surface area contributed by atoms with E-state index in [9.17, 15) is 10.2 Å². The molecule has 7 nitrogen and oxygen atoms in total. The third kappa shape index (κ3) is 5.33. The molecular weight excluding hydrogens is 382 g/mol. The third-order valence-corrected chi connectivity index (χ3v) is 6.12. The van der Waals surface area contributed by atoms with Crippen LogP contribution < -0.4 is 9.47 Å². The zero-order valence-corrected chi connectivity index (χ0v) is 17.7. The van der Waals surface area contributed by atoms with Crippen molar-refractivity contribution in [1.82, 2.24) is 14.7 Å². The summed E-state index contributed by atoms with van der Waals surface area (Å²) in [4.78, 5) is 2.21. The van der Waals surface area contributed by atoms with Gasteiger partial charge in [0.25, 0.3) is 0 Å². The molecule has 1 aromatic heterocycles. The van der Waals surface area contributed by atoms with Crippen LogP contribution in [0.5, 0.6) is 11.5 Å². The predicted octanol–water partition coefficient (Wildman–Crippen LogP) is 2.70. The fourth-order valence-corrected chi connectivity index (χ4v) is 4.40. The van der Waals surface area contributed by atoms with Crippen molar-refractivity contribution in [3.8, 4) is 22.8 Å². The van der Waals surface area contributed by atoms with Gasteiger partial charge in [0.2, 0.25) is 0 Å². The maximum absolute atomic E-state index is 10.5. The number of aromatic nitrogens is 2. The number of β-amino-alcohol motifs (C(OH)–C–C–N with tert-alkyl or cyclic N) is 1. The molecule has 2 N–H and O–H groups in total. The van der Waals surface area contributed by atoms with Gasteiger partial charge >= 0.3 is 0 Å². The average Bonchev–Trinajstić information content (AvgIpc) is 3.42. The fraction of sp³-hybridized carbons (Fsp3) is 0.609. The van der Waals surface area contributed by atoms with Gasteiger partial charge in [0.15, 0.2) is 11.5 Å². The highest BCUT2D eigenvalue weighted by Crippen LogP contribution is 2.35. The Morgan fingerprint density at radius 1 is 1.07 bits per heavy atom. The number of hydrogen-bond acceptors (Lipinski definition) is 6. The van der Waals surface area contributed by atoms with Crippen molar-refractivity contribution in [3.63, 3.8) is 0 Å². The lowest BCUT2D eigenvalue weighted by atomic mass is 10.1. The molecule has 1 aliphatic heterocycles. The second-order valence-electron chi connectivity index (χ2n) is 8.50. The van der Waals surface area contributed by atoms with Crippen LogP contribution in [0.4, 0.5) is 0 Å². The first-order valence-corrected chi connectivity index (χ1v) is 11.1. The lowest BCUT2D eigenvalue weighted by Gasteiger charge is -2.30. The van der Waals surface area contributed by atoms with E-state index in [1.54, 1.807) is 11.8 Å². The molecule has 2 aromatic rings. The van der Waals surface area contributed by atoms with Crippen LogP contribution in [0.3, 0.4) is 0 Å². The van der Waals surface area contributed by atoms with Crippen LogP contribution in [0, 0.1) is 0 Å².